The standard InChI is InChI=1S/C24H42N4O14S2/c1-9(31)43-7-11(21(37)27-15-19(35)17(33)13(5-29)41-23(15)39)25-3-4-26-12(8-44-10(2)32)22(38)28-16-20(36)18(34)14(6-30)42-24(16)40/h11-20,23-26,29-30,33-36,39-40H,3-8H2,1-2H3,(H,27,37)(H,28,38)/t11-,12-,13+,14+,15?,16?,17+,18+,19+,20+,23?,24?/m0/s1. The van der Waals surface area contributed by atoms with Crippen LogP contribution in [0, 0.1) is 0 Å². The molecular weight excluding hydrogens is 632 g/mol. The summed E-state index contributed by atoms with van der Waals surface area (Å²) in [6.07, 6.45) is -12.6. The number of aliphatic hydroxyl groups is 8. The summed E-state index contributed by atoms with van der Waals surface area (Å²) in [7, 11) is 0. The van der Waals surface area contributed by atoms with Gasteiger partial charge in [0.05, 0.1) is 25.3 Å². The Morgan fingerprint density at radius 1 is 0.636 bits per heavy atom. The van der Waals surface area contributed by atoms with Gasteiger partial charge >= 0.3 is 0 Å². The molecule has 12 atom stereocenters. The molecule has 2 saturated heterocycles. The Bertz CT molecular complexity index is 896. The molecule has 12 N–H and O–H groups in total. The fourth-order valence-electron chi connectivity index (χ4n) is 4.38. The molecule has 2 fully saturated rings. The Morgan fingerprint density at radius 2 is 0.977 bits per heavy atom. The quantitative estimate of drug-likeness (QED) is 0.0719. The van der Waals surface area contributed by atoms with E-state index in [9.17, 15) is 60.0 Å². The van der Waals surface area contributed by atoms with Crippen LogP contribution in [0.1, 0.15) is 13.8 Å². The summed E-state index contributed by atoms with van der Waals surface area (Å²) in [6, 6.07) is -5.05. The number of carbonyl (C=O) groups excluding carboxylic acids is 4. The predicted molar refractivity (Wildman–Crippen MR) is 154 cm³/mol. The number of ether oxygens (including phenoxy) is 2. The lowest BCUT2D eigenvalue weighted by atomic mass is 9.97. The molecule has 0 aromatic rings. The molecule has 0 aliphatic carbocycles. The van der Waals surface area contributed by atoms with Gasteiger partial charge in [0, 0.05) is 38.4 Å². The van der Waals surface area contributed by atoms with Crippen molar-refractivity contribution in [3.63, 3.8) is 0 Å². The lowest BCUT2D eigenvalue weighted by Gasteiger charge is -2.40. The molecule has 2 aliphatic rings. The van der Waals surface area contributed by atoms with Crippen LogP contribution in [0.4, 0.5) is 0 Å². The number of amides is 2. The van der Waals surface area contributed by atoms with Crippen LogP contribution in [-0.2, 0) is 28.7 Å². The third kappa shape index (κ3) is 11.1. The number of carbonyl (C=O) groups is 4. The van der Waals surface area contributed by atoms with Gasteiger partial charge in [-0.05, 0) is 0 Å². The first-order chi connectivity index (χ1) is 20.7. The highest BCUT2D eigenvalue weighted by Gasteiger charge is 2.46. The number of hydrogen-bond donors (Lipinski definition) is 12. The maximum Gasteiger partial charge on any atom is 0.238 e. The molecule has 0 saturated carbocycles. The van der Waals surface area contributed by atoms with Gasteiger partial charge in [0.1, 0.15) is 48.7 Å². The van der Waals surface area contributed by atoms with Gasteiger partial charge in [-0.25, -0.2) is 0 Å². The lowest BCUT2D eigenvalue weighted by Crippen LogP contribution is -2.66. The summed E-state index contributed by atoms with van der Waals surface area (Å²) >= 11 is 1.63. The first-order valence-corrected chi connectivity index (χ1v) is 15.6. The average molecular weight is 675 g/mol. The summed E-state index contributed by atoms with van der Waals surface area (Å²) in [5, 5.41) is 89.6. The minimum atomic E-state index is -1.75. The van der Waals surface area contributed by atoms with Crippen LogP contribution < -0.4 is 21.3 Å². The lowest BCUT2D eigenvalue weighted by molar-refractivity contribution is -0.254. The molecule has 2 heterocycles. The van der Waals surface area contributed by atoms with E-state index < -0.39 is 98.4 Å². The van der Waals surface area contributed by atoms with E-state index in [1.807, 2.05) is 0 Å². The molecule has 2 rings (SSSR count). The van der Waals surface area contributed by atoms with Crippen molar-refractivity contribution in [2.24, 2.45) is 0 Å². The zero-order valence-corrected chi connectivity index (χ0v) is 25.6. The Morgan fingerprint density at radius 3 is 1.27 bits per heavy atom. The molecule has 0 radical (unpaired) electrons. The number of aliphatic hydroxyl groups excluding tert-OH is 8. The highest BCUT2D eigenvalue weighted by Crippen LogP contribution is 2.21. The zero-order valence-electron chi connectivity index (χ0n) is 24.0. The van der Waals surface area contributed by atoms with Crippen molar-refractivity contribution in [2.45, 2.75) is 87.2 Å². The molecule has 0 aromatic carbocycles. The van der Waals surface area contributed by atoms with Gasteiger partial charge in [-0.15, -0.1) is 0 Å². The third-order valence-corrected chi connectivity index (χ3v) is 8.68. The van der Waals surface area contributed by atoms with E-state index in [0.717, 1.165) is 23.5 Å². The average Bonchev–Trinajstić information content (AvgIpc) is 2.97. The van der Waals surface area contributed by atoms with Crippen LogP contribution in [0.5, 0.6) is 0 Å². The Kier molecular flexibility index (Phi) is 16.3. The van der Waals surface area contributed by atoms with Crippen molar-refractivity contribution in [2.75, 3.05) is 37.8 Å². The van der Waals surface area contributed by atoms with Gasteiger partial charge in [-0.2, -0.15) is 0 Å². The Balaban J connectivity index is 2.01. The molecule has 44 heavy (non-hydrogen) atoms. The van der Waals surface area contributed by atoms with Crippen molar-refractivity contribution in [3.8, 4) is 0 Å². The maximum atomic E-state index is 13.0. The van der Waals surface area contributed by atoms with Crippen LogP contribution in [0.15, 0.2) is 0 Å². The molecule has 0 spiro atoms. The van der Waals surface area contributed by atoms with E-state index in [-0.39, 0.29) is 34.8 Å². The monoisotopic (exact) mass is 674 g/mol. The zero-order chi connectivity index (χ0) is 33.1. The van der Waals surface area contributed by atoms with E-state index in [1.165, 1.54) is 13.8 Å². The van der Waals surface area contributed by atoms with Crippen LogP contribution >= 0.6 is 23.5 Å². The second-order valence-electron chi connectivity index (χ2n) is 10.1. The summed E-state index contributed by atoms with van der Waals surface area (Å²) in [5.74, 6) is -1.66. The second kappa shape index (κ2) is 18.6. The van der Waals surface area contributed by atoms with E-state index in [1.54, 1.807) is 0 Å². The van der Waals surface area contributed by atoms with Crippen LogP contribution in [-0.4, -0.2) is 174 Å². The SMILES string of the molecule is CC(=O)SC[C@H](NCCN[C@@H](CSC(C)=O)C(=O)NC1C(O)O[C@H](CO)[C@@H](O)[C@@H]1O)C(=O)NC1C(O)O[C@H](CO)[C@@H](O)[C@@H]1O. The van der Waals surface area contributed by atoms with Gasteiger partial charge in [-0.1, -0.05) is 23.5 Å². The summed E-state index contributed by atoms with van der Waals surface area (Å²) < 4.78 is 10.1. The molecule has 2 amide bonds. The Labute approximate surface area is 261 Å². The minimum absolute atomic E-state index is 0.0151. The molecule has 0 aromatic heterocycles. The number of hydrogen-bond acceptors (Lipinski definition) is 18. The van der Waals surface area contributed by atoms with Crippen LogP contribution in [0.2, 0.25) is 0 Å². The number of thioether (sulfide) groups is 2. The summed E-state index contributed by atoms with van der Waals surface area (Å²) in [6.45, 7) is 1.24. The molecule has 18 nitrogen and oxygen atoms in total. The van der Waals surface area contributed by atoms with E-state index in [4.69, 9.17) is 9.47 Å². The van der Waals surface area contributed by atoms with Gasteiger partial charge in [-0.3, -0.25) is 19.2 Å². The summed E-state index contributed by atoms with van der Waals surface area (Å²) in [5.41, 5.74) is 0. The largest absolute Gasteiger partial charge is 0.394 e. The normalized spacial score (nSPS) is 33.7. The fourth-order valence-corrected chi connectivity index (χ4v) is 5.73. The van der Waals surface area contributed by atoms with Crippen LogP contribution in [0.25, 0.3) is 0 Å². The topological polar surface area (TPSA) is 297 Å². The van der Waals surface area contributed by atoms with E-state index in [0.29, 0.717) is 0 Å². The predicted octanol–water partition coefficient (Wildman–Crippen LogP) is -6.71. The van der Waals surface area contributed by atoms with Crippen molar-refractivity contribution in [1.29, 1.82) is 0 Å². The fraction of sp³-hybridized carbons (Fsp3) is 0.833. The van der Waals surface area contributed by atoms with Crippen molar-refractivity contribution in [1.82, 2.24) is 21.3 Å². The smallest absolute Gasteiger partial charge is 0.238 e. The number of rotatable bonds is 15. The third-order valence-electron chi connectivity index (χ3n) is 6.86. The van der Waals surface area contributed by atoms with Gasteiger partial charge in [0.25, 0.3) is 0 Å². The molecule has 254 valence electrons. The molecule has 2 aliphatic heterocycles. The molecule has 20 heteroatoms. The van der Waals surface area contributed by atoms with Crippen molar-refractivity contribution >= 4 is 45.6 Å². The van der Waals surface area contributed by atoms with Crippen LogP contribution in [0.3, 0.4) is 0 Å². The highest BCUT2D eigenvalue weighted by molar-refractivity contribution is 8.13. The first-order valence-electron chi connectivity index (χ1n) is 13.7. The molecular formula is C24H42N4O14S2. The second-order valence-corrected chi connectivity index (χ2v) is 12.5. The molecule has 0 bridgehead atoms. The van der Waals surface area contributed by atoms with Crippen molar-refractivity contribution in [3.05, 3.63) is 0 Å². The minimum Gasteiger partial charge on any atom is -0.394 e. The maximum absolute atomic E-state index is 13.0. The molecule has 4 unspecified atom stereocenters. The van der Waals surface area contributed by atoms with Gasteiger partial charge in [0.15, 0.2) is 22.8 Å². The highest BCUT2D eigenvalue weighted by atomic mass is 32.2. The number of nitrogens with one attached hydrogen (secondary N) is 4. The Hall–Kier alpha value is -1.50. The van der Waals surface area contributed by atoms with Crippen molar-refractivity contribution < 1.29 is 69.5 Å². The van der Waals surface area contributed by atoms with Gasteiger partial charge in [0.2, 0.25) is 11.8 Å². The van der Waals surface area contributed by atoms with E-state index >= 15 is 0 Å². The first kappa shape index (κ1) is 38.7. The summed E-state index contributed by atoms with van der Waals surface area (Å²) in [4.78, 5) is 49.1. The van der Waals surface area contributed by atoms with Gasteiger partial charge < -0.3 is 71.6 Å². The van der Waals surface area contributed by atoms with E-state index in [2.05, 4.69) is 21.3 Å².